The number of aromatic nitrogens is 2. The van der Waals surface area contributed by atoms with Crippen molar-refractivity contribution in [1.82, 2.24) is 9.97 Å². The van der Waals surface area contributed by atoms with Crippen molar-refractivity contribution in [2.45, 2.75) is 20.3 Å². The molecule has 0 atom stereocenters. The van der Waals surface area contributed by atoms with Crippen LogP contribution in [0.25, 0.3) is 11.3 Å². The van der Waals surface area contributed by atoms with Crippen molar-refractivity contribution in [2.75, 3.05) is 0 Å². The summed E-state index contributed by atoms with van der Waals surface area (Å²) >= 11 is 0. The molecule has 0 aliphatic carbocycles. The molecule has 0 unspecified atom stereocenters. The number of aryl methyl sites for hydroxylation is 1. The van der Waals surface area contributed by atoms with E-state index in [0.717, 1.165) is 11.3 Å². The summed E-state index contributed by atoms with van der Waals surface area (Å²) in [5.74, 6) is 0.668. The minimum Gasteiger partial charge on any atom is -0.411 e. The molecule has 4 heteroatoms. The van der Waals surface area contributed by atoms with Crippen LogP contribution in [-0.2, 0) is 0 Å². The molecular weight excluding hydrogens is 226 g/mol. The molecule has 0 radical (unpaired) electrons. The molecule has 0 saturated carbocycles. The van der Waals surface area contributed by atoms with E-state index in [0.29, 0.717) is 23.7 Å². The van der Waals surface area contributed by atoms with Crippen LogP contribution in [0.5, 0.6) is 0 Å². The Labute approximate surface area is 106 Å². The van der Waals surface area contributed by atoms with Gasteiger partial charge in [0.25, 0.3) is 0 Å². The zero-order valence-electron chi connectivity index (χ0n) is 10.5. The Hall–Kier alpha value is -2.23. The number of hydrogen-bond acceptors (Lipinski definition) is 4. The van der Waals surface area contributed by atoms with E-state index in [1.807, 2.05) is 50.2 Å². The molecule has 92 valence electrons. The monoisotopic (exact) mass is 241 g/mol. The van der Waals surface area contributed by atoms with Gasteiger partial charge in [-0.1, -0.05) is 42.4 Å². The van der Waals surface area contributed by atoms with Gasteiger partial charge in [0, 0.05) is 5.56 Å². The van der Waals surface area contributed by atoms with Crippen LogP contribution in [0.1, 0.15) is 24.9 Å². The molecule has 0 aliphatic heterocycles. The molecule has 0 bridgehead atoms. The molecule has 2 aromatic rings. The molecule has 1 aromatic carbocycles. The zero-order chi connectivity index (χ0) is 13.0. The SMILES string of the molecule is CCC(=NO)c1cc(-c2ccccc2)nc(C)n1. The summed E-state index contributed by atoms with van der Waals surface area (Å²) in [6.45, 7) is 3.76. The van der Waals surface area contributed by atoms with Crippen molar-refractivity contribution < 1.29 is 5.21 Å². The van der Waals surface area contributed by atoms with Gasteiger partial charge in [-0.25, -0.2) is 9.97 Å². The van der Waals surface area contributed by atoms with Crippen LogP contribution in [0.15, 0.2) is 41.6 Å². The highest BCUT2D eigenvalue weighted by molar-refractivity contribution is 5.98. The third kappa shape index (κ3) is 2.53. The van der Waals surface area contributed by atoms with Crippen molar-refractivity contribution in [1.29, 1.82) is 0 Å². The molecule has 4 nitrogen and oxygen atoms in total. The molecule has 0 fully saturated rings. The molecular formula is C14H15N3O. The van der Waals surface area contributed by atoms with Gasteiger partial charge in [0.15, 0.2) is 0 Å². The van der Waals surface area contributed by atoms with Gasteiger partial charge in [-0.2, -0.15) is 0 Å². The number of benzene rings is 1. The van der Waals surface area contributed by atoms with Gasteiger partial charge in [0.05, 0.1) is 11.4 Å². The average molecular weight is 241 g/mol. The maximum atomic E-state index is 8.96. The Morgan fingerprint density at radius 3 is 2.56 bits per heavy atom. The zero-order valence-corrected chi connectivity index (χ0v) is 10.5. The fourth-order valence-corrected chi connectivity index (χ4v) is 1.78. The molecule has 1 N–H and O–H groups in total. The number of nitrogens with zero attached hydrogens (tertiary/aromatic N) is 3. The molecule has 18 heavy (non-hydrogen) atoms. The lowest BCUT2D eigenvalue weighted by Gasteiger charge is -2.06. The lowest BCUT2D eigenvalue weighted by Crippen LogP contribution is -2.05. The Kier molecular flexibility index (Phi) is 3.67. The average Bonchev–Trinajstić information content (AvgIpc) is 2.40. The summed E-state index contributed by atoms with van der Waals surface area (Å²) in [6, 6.07) is 11.7. The molecule has 2 rings (SSSR count). The second-order valence-electron chi connectivity index (χ2n) is 3.95. The van der Waals surface area contributed by atoms with Crippen LogP contribution < -0.4 is 0 Å². The quantitative estimate of drug-likeness (QED) is 0.510. The topological polar surface area (TPSA) is 58.4 Å². The third-order valence-electron chi connectivity index (χ3n) is 2.66. The maximum absolute atomic E-state index is 8.96. The Bertz CT molecular complexity index is 565. The van der Waals surface area contributed by atoms with Gasteiger partial charge in [0.2, 0.25) is 0 Å². The van der Waals surface area contributed by atoms with Gasteiger partial charge in [-0.05, 0) is 19.4 Å². The predicted octanol–water partition coefficient (Wildman–Crippen LogP) is 3.04. The molecule has 0 aliphatic rings. The predicted molar refractivity (Wildman–Crippen MR) is 70.8 cm³/mol. The van der Waals surface area contributed by atoms with Gasteiger partial charge >= 0.3 is 0 Å². The fraction of sp³-hybridized carbons (Fsp3) is 0.214. The first-order valence-corrected chi connectivity index (χ1v) is 5.87. The smallest absolute Gasteiger partial charge is 0.126 e. The Morgan fingerprint density at radius 2 is 1.94 bits per heavy atom. The lowest BCUT2D eigenvalue weighted by molar-refractivity contribution is 0.318. The first-order valence-electron chi connectivity index (χ1n) is 5.87. The van der Waals surface area contributed by atoms with E-state index < -0.39 is 0 Å². The van der Waals surface area contributed by atoms with Crippen LogP contribution in [-0.4, -0.2) is 20.9 Å². The molecule has 1 aromatic heterocycles. The summed E-state index contributed by atoms with van der Waals surface area (Å²) in [4.78, 5) is 8.71. The number of hydrogen-bond donors (Lipinski definition) is 1. The van der Waals surface area contributed by atoms with Crippen LogP contribution in [0.2, 0.25) is 0 Å². The maximum Gasteiger partial charge on any atom is 0.126 e. The van der Waals surface area contributed by atoms with E-state index in [4.69, 9.17) is 5.21 Å². The van der Waals surface area contributed by atoms with E-state index in [1.54, 1.807) is 0 Å². The van der Waals surface area contributed by atoms with Crippen molar-refractivity contribution >= 4 is 5.71 Å². The Balaban J connectivity index is 2.51. The van der Waals surface area contributed by atoms with E-state index >= 15 is 0 Å². The van der Waals surface area contributed by atoms with Gasteiger partial charge in [-0.3, -0.25) is 0 Å². The lowest BCUT2D eigenvalue weighted by atomic mass is 10.1. The van der Waals surface area contributed by atoms with E-state index in [-0.39, 0.29) is 0 Å². The molecule has 0 spiro atoms. The third-order valence-corrected chi connectivity index (χ3v) is 2.66. The highest BCUT2D eigenvalue weighted by atomic mass is 16.4. The van der Waals surface area contributed by atoms with Crippen molar-refractivity contribution in [3.05, 3.63) is 47.9 Å². The molecule has 0 saturated heterocycles. The largest absolute Gasteiger partial charge is 0.411 e. The summed E-state index contributed by atoms with van der Waals surface area (Å²) in [5, 5.41) is 12.2. The fourth-order valence-electron chi connectivity index (χ4n) is 1.78. The van der Waals surface area contributed by atoms with E-state index in [9.17, 15) is 0 Å². The minimum absolute atomic E-state index is 0.567. The standard InChI is InChI=1S/C14H15N3O/c1-3-12(17-18)14-9-13(15-10(2)16-14)11-7-5-4-6-8-11/h4-9,18H,3H2,1-2H3. The van der Waals surface area contributed by atoms with Crippen LogP contribution in [0, 0.1) is 6.92 Å². The molecule has 1 heterocycles. The van der Waals surface area contributed by atoms with Crippen molar-refractivity contribution in [3.8, 4) is 11.3 Å². The van der Waals surface area contributed by atoms with Gasteiger partial charge < -0.3 is 5.21 Å². The first kappa shape index (κ1) is 12.2. The van der Waals surface area contributed by atoms with E-state index in [1.165, 1.54) is 0 Å². The molecule has 0 amide bonds. The second kappa shape index (κ2) is 5.40. The van der Waals surface area contributed by atoms with Crippen LogP contribution in [0.4, 0.5) is 0 Å². The van der Waals surface area contributed by atoms with Crippen molar-refractivity contribution in [2.24, 2.45) is 5.16 Å². The second-order valence-corrected chi connectivity index (χ2v) is 3.95. The van der Waals surface area contributed by atoms with Crippen LogP contribution in [0.3, 0.4) is 0 Å². The summed E-state index contributed by atoms with van der Waals surface area (Å²) in [5.41, 5.74) is 3.11. The van der Waals surface area contributed by atoms with Gasteiger partial charge in [-0.15, -0.1) is 0 Å². The minimum atomic E-state index is 0.567. The van der Waals surface area contributed by atoms with Crippen molar-refractivity contribution in [3.63, 3.8) is 0 Å². The summed E-state index contributed by atoms with van der Waals surface area (Å²) in [6.07, 6.45) is 0.626. The summed E-state index contributed by atoms with van der Waals surface area (Å²) < 4.78 is 0. The highest BCUT2D eigenvalue weighted by Gasteiger charge is 2.08. The number of rotatable bonds is 3. The Morgan fingerprint density at radius 1 is 1.22 bits per heavy atom. The first-order chi connectivity index (χ1) is 8.74. The highest BCUT2D eigenvalue weighted by Crippen LogP contribution is 2.18. The van der Waals surface area contributed by atoms with Crippen LogP contribution >= 0.6 is 0 Å². The summed E-state index contributed by atoms with van der Waals surface area (Å²) in [7, 11) is 0. The number of oxime groups is 1. The van der Waals surface area contributed by atoms with E-state index in [2.05, 4.69) is 15.1 Å². The van der Waals surface area contributed by atoms with Gasteiger partial charge in [0.1, 0.15) is 11.5 Å². The normalized spacial score (nSPS) is 11.6.